The largest absolute Gasteiger partial charge is 0.394 e. The summed E-state index contributed by atoms with van der Waals surface area (Å²) >= 11 is 0. The molecule has 0 aromatic heterocycles. The fourth-order valence-corrected chi connectivity index (χ4v) is 9.70. The van der Waals surface area contributed by atoms with Crippen LogP contribution in [0.5, 0.6) is 0 Å². The fraction of sp³-hybridized carbons (Fsp3) is 0.857. The molecule has 7 atom stereocenters. The second-order valence-electron chi connectivity index (χ2n) is 21.5. The molecule has 0 aromatic rings. The summed E-state index contributed by atoms with van der Waals surface area (Å²) in [6.07, 6.45) is 63.7. The first-order chi connectivity index (χ1) is 35.3. The van der Waals surface area contributed by atoms with Crippen molar-refractivity contribution in [2.75, 3.05) is 13.2 Å². The van der Waals surface area contributed by atoms with Gasteiger partial charge >= 0.3 is 0 Å². The minimum absolute atomic E-state index is 0.189. The molecule has 1 rings (SSSR count). The molecular weight excluding hydrogens is 899 g/mol. The van der Waals surface area contributed by atoms with Gasteiger partial charge < -0.3 is 40.3 Å². The maximum Gasteiger partial charge on any atom is 0.220 e. The van der Waals surface area contributed by atoms with Crippen molar-refractivity contribution < 1.29 is 39.8 Å². The van der Waals surface area contributed by atoms with Crippen LogP contribution in [0.15, 0.2) is 48.6 Å². The molecule has 1 aliphatic heterocycles. The van der Waals surface area contributed by atoms with E-state index < -0.39 is 49.5 Å². The molecule has 0 saturated carbocycles. The van der Waals surface area contributed by atoms with Crippen LogP contribution >= 0.6 is 0 Å². The zero-order valence-electron chi connectivity index (χ0n) is 46.9. The molecule has 0 bridgehead atoms. The molecule has 1 fully saturated rings. The number of amides is 1. The van der Waals surface area contributed by atoms with E-state index in [9.17, 15) is 30.3 Å². The molecule has 9 nitrogen and oxygen atoms in total. The van der Waals surface area contributed by atoms with Gasteiger partial charge in [-0.3, -0.25) is 4.79 Å². The SMILES string of the molecule is CCCC/C=C/CC/C=C/CC/C=C/C(O)C(COC1OC(CO)C(O)C(O)C1O)NC(=O)CCCCCCCCCCCCCCCCCCC/C=C\CCCCCCCCCCCCCCCCCC. The van der Waals surface area contributed by atoms with Gasteiger partial charge in [0.2, 0.25) is 5.91 Å². The summed E-state index contributed by atoms with van der Waals surface area (Å²) in [6, 6.07) is -0.827. The van der Waals surface area contributed by atoms with Crippen LogP contribution in [0.2, 0.25) is 0 Å². The predicted octanol–water partition coefficient (Wildman–Crippen LogP) is 15.7. The van der Waals surface area contributed by atoms with Crippen molar-refractivity contribution in [1.29, 1.82) is 0 Å². The lowest BCUT2D eigenvalue weighted by atomic mass is 9.99. The van der Waals surface area contributed by atoms with Gasteiger partial charge in [0.15, 0.2) is 6.29 Å². The Morgan fingerprint density at radius 3 is 1.21 bits per heavy atom. The Kier molecular flexibility index (Phi) is 49.8. The third-order valence-corrected chi connectivity index (χ3v) is 14.6. The second-order valence-corrected chi connectivity index (χ2v) is 21.5. The minimum Gasteiger partial charge on any atom is -0.394 e. The molecule has 0 aliphatic carbocycles. The van der Waals surface area contributed by atoms with E-state index in [0.29, 0.717) is 6.42 Å². The molecule has 422 valence electrons. The average molecular weight is 1020 g/mol. The van der Waals surface area contributed by atoms with E-state index in [-0.39, 0.29) is 12.5 Å². The van der Waals surface area contributed by atoms with Gasteiger partial charge in [-0.2, -0.15) is 0 Å². The highest BCUT2D eigenvalue weighted by Gasteiger charge is 2.44. The molecule has 0 aromatic carbocycles. The third kappa shape index (κ3) is 41.4. The predicted molar refractivity (Wildman–Crippen MR) is 304 cm³/mol. The van der Waals surface area contributed by atoms with Crippen molar-refractivity contribution in [2.24, 2.45) is 0 Å². The third-order valence-electron chi connectivity index (χ3n) is 14.6. The Morgan fingerprint density at radius 1 is 0.458 bits per heavy atom. The van der Waals surface area contributed by atoms with E-state index in [1.807, 2.05) is 6.08 Å². The van der Waals surface area contributed by atoms with Crippen LogP contribution in [0.25, 0.3) is 0 Å². The van der Waals surface area contributed by atoms with E-state index in [2.05, 4.69) is 55.6 Å². The number of allylic oxidation sites excluding steroid dienone is 7. The normalized spacial score (nSPS) is 19.5. The van der Waals surface area contributed by atoms with Crippen molar-refractivity contribution in [3.63, 3.8) is 0 Å². The van der Waals surface area contributed by atoms with Gasteiger partial charge in [-0.25, -0.2) is 0 Å². The highest BCUT2D eigenvalue weighted by Crippen LogP contribution is 2.23. The van der Waals surface area contributed by atoms with Gasteiger partial charge in [0.05, 0.1) is 25.4 Å². The summed E-state index contributed by atoms with van der Waals surface area (Å²) in [5, 5.41) is 54.3. The summed E-state index contributed by atoms with van der Waals surface area (Å²) in [5.74, 6) is -0.189. The molecular formula is C63H117NO8. The van der Waals surface area contributed by atoms with Gasteiger partial charge in [-0.15, -0.1) is 0 Å². The van der Waals surface area contributed by atoms with E-state index in [1.54, 1.807) is 6.08 Å². The number of carbonyl (C=O) groups is 1. The number of aliphatic hydroxyl groups is 5. The first-order valence-corrected chi connectivity index (χ1v) is 30.9. The van der Waals surface area contributed by atoms with E-state index in [4.69, 9.17) is 9.47 Å². The number of unbranched alkanes of at least 4 members (excludes halogenated alkanes) is 37. The number of ether oxygens (including phenoxy) is 2. The maximum absolute atomic E-state index is 13.0. The molecule has 0 spiro atoms. The Labute approximate surface area is 444 Å². The quantitative estimate of drug-likeness (QED) is 0.0261. The number of nitrogens with one attached hydrogen (secondary N) is 1. The lowest BCUT2D eigenvalue weighted by Gasteiger charge is -2.40. The summed E-state index contributed by atoms with van der Waals surface area (Å²) in [7, 11) is 0. The van der Waals surface area contributed by atoms with Crippen molar-refractivity contribution in [2.45, 2.75) is 333 Å². The average Bonchev–Trinajstić information content (AvgIpc) is 3.38. The Bertz CT molecular complexity index is 1270. The van der Waals surface area contributed by atoms with E-state index >= 15 is 0 Å². The lowest BCUT2D eigenvalue weighted by Crippen LogP contribution is -2.60. The Hall–Kier alpha value is -1.85. The van der Waals surface area contributed by atoms with Crippen LogP contribution in [0.1, 0.15) is 290 Å². The number of hydrogen-bond donors (Lipinski definition) is 6. The van der Waals surface area contributed by atoms with Gasteiger partial charge in [-0.1, -0.05) is 268 Å². The van der Waals surface area contributed by atoms with Crippen molar-refractivity contribution in [3.8, 4) is 0 Å². The van der Waals surface area contributed by atoms with Crippen molar-refractivity contribution in [1.82, 2.24) is 5.32 Å². The van der Waals surface area contributed by atoms with Gasteiger partial charge in [0, 0.05) is 6.42 Å². The number of carbonyl (C=O) groups excluding carboxylic acids is 1. The fourth-order valence-electron chi connectivity index (χ4n) is 9.70. The first-order valence-electron chi connectivity index (χ1n) is 30.9. The number of hydrogen-bond acceptors (Lipinski definition) is 8. The van der Waals surface area contributed by atoms with Gasteiger partial charge in [-0.05, 0) is 64.2 Å². The monoisotopic (exact) mass is 1020 g/mol. The van der Waals surface area contributed by atoms with E-state index in [0.717, 1.165) is 51.4 Å². The minimum atomic E-state index is -1.57. The topological polar surface area (TPSA) is 149 Å². The van der Waals surface area contributed by atoms with Gasteiger partial charge in [0.1, 0.15) is 24.4 Å². The molecule has 1 heterocycles. The standard InChI is InChI=1S/C63H117NO8/c1-3-5-7-9-11-13-15-17-18-19-20-21-22-23-24-25-26-27-28-29-30-31-32-33-34-35-36-37-38-39-40-41-43-45-47-49-51-53-59(67)64-56(55-71-63-62(70)61(69)60(68)58(54-65)72-63)57(66)52-50-48-46-44-42-16-14-12-10-8-6-4-2/h10,12,27-28,42,44,50,52,56-58,60-63,65-66,68-70H,3-9,11,13-26,29-41,43,45-49,51,53-55H2,1-2H3,(H,64,67)/b12-10+,28-27-,44-42+,52-50+. The van der Waals surface area contributed by atoms with Crippen LogP contribution in [0.4, 0.5) is 0 Å². The number of aliphatic hydroxyl groups excluding tert-OH is 5. The van der Waals surface area contributed by atoms with E-state index in [1.165, 1.54) is 218 Å². The smallest absolute Gasteiger partial charge is 0.220 e. The summed E-state index contributed by atoms with van der Waals surface area (Å²) < 4.78 is 11.2. The highest BCUT2D eigenvalue weighted by molar-refractivity contribution is 5.76. The second kappa shape index (κ2) is 52.6. The van der Waals surface area contributed by atoms with Gasteiger partial charge in [0.25, 0.3) is 0 Å². The zero-order valence-corrected chi connectivity index (χ0v) is 46.9. The van der Waals surface area contributed by atoms with Crippen LogP contribution in [-0.4, -0.2) is 87.5 Å². The molecule has 1 saturated heterocycles. The molecule has 7 unspecified atom stereocenters. The molecule has 9 heteroatoms. The van der Waals surface area contributed by atoms with Crippen molar-refractivity contribution >= 4 is 5.91 Å². The number of rotatable bonds is 53. The molecule has 0 radical (unpaired) electrons. The Morgan fingerprint density at radius 2 is 0.806 bits per heavy atom. The molecule has 72 heavy (non-hydrogen) atoms. The van der Waals surface area contributed by atoms with Crippen LogP contribution < -0.4 is 5.32 Å². The summed E-state index contributed by atoms with van der Waals surface area (Å²) in [6.45, 7) is 3.72. The molecule has 1 aliphatic rings. The lowest BCUT2D eigenvalue weighted by molar-refractivity contribution is -0.302. The first kappa shape index (κ1) is 68.2. The summed E-state index contributed by atoms with van der Waals surface area (Å²) in [5.41, 5.74) is 0. The zero-order chi connectivity index (χ0) is 52.2. The Balaban J connectivity index is 2.05. The van der Waals surface area contributed by atoms with Crippen LogP contribution in [0, 0.1) is 0 Å². The van der Waals surface area contributed by atoms with Crippen molar-refractivity contribution in [3.05, 3.63) is 48.6 Å². The highest BCUT2D eigenvalue weighted by atomic mass is 16.7. The molecule has 6 N–H and O–H groups in total. The molecule has 1 amide bonds. The summed E-state index contributed by atoms with van der Waals surface area (Å²) in [4.78, 5) is 13.0. The van der Waals surface area contributed by atoms with Crippen LogP contribution in [0.3, 0.4) is 0 Å². The van der Waals surface area contributed by atoms with Crippen LogP contribution in [-0.2, 0) is 14.3 Å². The maximum atomic E-state index is 13.0.